The Morgan fingerprint density at radius 1 is 1.43 bits per heavy atom. The first-order valence-electron chi connectivity index (χ1n) is 5.10. The van der Waals surface area contributed by atoms with Crippen LogP contribution in [-0.4, -0.2) is 11.0 Å². The van der Waals surface area contributed by atoms with Crippen LogP contribution in [0.4, 0.5) is 0 Å². The van der Waals surface area contributed by atoms with E-state index in [1.807, 2.05) is 18.2 Å². The maximum atomic E-state index is 9.30. The zero-order valence-electron chi connectivity index (χ0n) is 8.54. The van der Waals surface area contributed by atoms with Crippen LogP contribution in [-0.2, 0) is 6.42 Å². The van der Waals surface area contributed by atoms with Gasteiger partial charge in [0.25, 0.3) is 0 Å². The van der Waals surface area contributed by atoms with Crippen molar-refractivity contribution in [2.45, 2.75) is 26.2 Å². The van der Waals surface area contributed by atoms with Crippen molar-refractivity contribution in [2.24, 2.45) is 5.92 Å². The van der Waals surface area contributed by atoms with Crippen LogP contribution in [0.25, 0.3) is 0 Å². The molecule has 78 valence electrons. The number of alkyl halides is 1. The highest BCUT2D eigenvalue weighted by molar-refractivity contribution is 6.18. The Kier molecular flexibility index (Phi) is 4.81. The summed E-state index contributed by atoms with van der Waals surface area (Å²) in [7, 11) is 0. The molecule has 0 fully saturated rings. The molecular weight excluding hydrogens is 196 g/mol. The average molecular weight is 213 g/mol. The summed E-state index contributed by atoms with van der Waals surface area (Å²) < 4.78 is 0. The minimum atomic E-state index is 0.340. The molecule has 0 saturated carbocycles. The minimum absolute atomic E-state index is 0.340. The van der Waals surface area contributed by atoms with Crippen molar-refractivity contribution in [1.82, 2.24) is 0 Å². The molecular formula is C12H17ClO. The SMILES string of the molecule is CCCC(CCl)Cc1cccc(O)c1. The fourth-order valence-corrected chi connectivity index (χ4v) is 1.92. The lowest BCUT2D eigenvalue weighted by atomic mass is 9.97. The van der Waals surface area contributed by atoms with E-state index in [1.54, 1.807) is 6.07 Å². The molecule has 0 aliphatic rings. The Hall–Kier alpha value is -0.690. The molecule has 0 bridgehead atoms. The lowest BCUT2D eigenvalue weighted by Crippen LogP contribution is -2.05. The smallest absolute Gasteiger partial charge is 0.115 e. The number of benzene rings is 1. The Morgan fingerprint density at radius 3 is 2.79 bits per heavy atom. The van der Waals surface area contributed by atoms with Crippen LogP contribution in [0.2, 0.25) is 0 Å². The number of rotatable bonds is 5. The van der Waals surface area contributed by atoms with Crippen molar-refractivity contribution in [3.63, 3.8) is 0 Å². The van der Waals surface area contributed by atoms with Crippen molar-refractivity contribution in [2.75, 3.05) is 5.88 Å². The first-order chi connectivity index (χ1) is 6.76. The molecule has 1 aromatic carbocycles. The number of hydrogen-bond acceptors (Lipinski definition) is 1. The normalized spacial score (nSPS) is 12.7. The monoisotopic (exact) mass is 212 g/mol. The number of phenols is 1. The van der Waals surface area contributed by atoms with Gasteiger partial charge in [-0.05, 0) is 36.5 Å². The van der Waals surface area contributed by atoms with Gasteiger partial charge in [0.2, 0.25) is 0 Å². The molecule has 1 rings (SSSR count). The highest BCUT2D eigenvalue weighted by Crippen LogP contribution is 2.18. The fourth-order valence-electron chi connectivity index (χ4n) is 1.66. The van der Waals surface area contributed by atoms with Crippen LogP contribution in [0.3, 0.4) is 0 Å². The van der Waals surface area contributed by atoms with Gasteiger partial charge in [-0.3, -0.25) is 0 Å². The largest absolute Gasteiger partial charge is 0.508 e. The molecule has 1 atom stereocenters. The molecule has 14 heavy (non-hydrogen) atoms. The molecule has 0 aromatic heterocycles. The number of hydrogen-bond donors (Lipinski definition) is 1. The molecule has 1 nitrogen and oxygen atoms in total. The van der Waals surface area contributed by atoms with Crippen LogP contribution >= 0.6 is 11.6 Å². The third kappa shape index (κ3) is 3.59. The topological polar surface area (TPSA) is 20.2 Å². The third-order valence-electron chi connectivity index (χ3n) is 2.35. The van der Waals surface area contributed by atoms with Gasteiger partial charge in [-0.2, -0.15) is 0 Å². The van der Waals surface area contributed by atoms with Crippen molar-refractivity contribution in [3.05, 3.63) is 29.8 Å². The van der Waals surface area contributed by atoms with Gasteiger partial charge in [0, 0.05) is 5.88 Å². The second-order valence-electron chi connectivity index (χ2n) is 3.68. The van der Waals surface area contributed by atoms with Crippen LogP contribution in [0.1, 0.15) is 25.3 Å². The van der Waals surface area contributed by atoms with E-state index < -0.39 is 0 Å². The van der Waals surface area contributed by atoms with Crippen molar-refractivity contribution >= 4 is 11.6 Å². The number of halogens is 1. The number of aromatic hydroxyl groups is 1. The molecule has 1 aromatic rings. The summed E-state index contributed by atoms with van der Waals surface area (Å²) in [6.45, 7) is 2.17. The highest BCUT2D eigenvalue weighted by Gasteiger charge is 2.07. The summed E-state index contributed by atoms with van der Waals surface area (Å²) in [6, 6.07) is 7.42. The highest BCUT2D eigenvalue weighted by atomic mass is 35.5. The van der Waals surface area contributed by atoms with Crippen LogP contribution in [0.5, 0.6) is 5.75 Å². The third-order valence-corrected chi connectivity index (χ3v) is 2.79. The Bertz CT molecular complexity index is 273. The van der Waals surface area contributed by atoms with Crippen molar-refractivity contribution < 1.29 is 5.11 Å². The van der Waals surface area contributed by atoms with Gasteiger partial charge in [0.05, 0.1) is 0 Å². The lowest BCUT2D eigenvalue weighted by molar-refractivity contribution is 0.472. The predicted octanol–water partition coefficient (Wildman–Crippen LogP) is 3.59. The van der Waals surface area contributed by atoms with Gasteiger partial charge in [-0.1, -0.05) is 25.5 Å². The van der Waals surface area contributed by atoms with Gasteiger partial charge in [-0.15, -0.1) is 11.6 Å². The quantitative estimate of drug-likeness (QED) is 0.740. The number of phenolic OH excluding ortho intramolecular Hbond substituents is 1. The van der Waals surface area contributed by atoms with Gasteiger partial charge in [-0.25, -0.2) is 0 Å². The Labute approximate surface area is 90.7 Å². The van der Waals surface area contributed by atoms with Gasteiger partial charge in [0.15, 0.2) is 0 Å². The predicted molar refractivity (Wildman–Crippen MR) is 60.9 cm³/mol. The summed E-state index contributed by atoms with van der Waals surface area (Å²) in [5.74, 6) is 1.57. The fraction of sp³-hybridized carbons (Fsp3) is 0.500. The van der Waals surface area contributed by atoms with Crippen molar-refractivity contribution in [3.8, 4) is 5.75 Å². The van der Waals surface area contributed by atoms with E-state index in [1.165, 1.54) is 5.56 Å². The average Bonchev–Trinajstić information content (AvgIpc) is 2.17. The molecule has 0 radical (unpaired) electrons. The Morgan fingerprint density at radius 2 is 2.21 bits per heavy atom. The Balaban J connectivity index is 2.57. The standard InChI is InChI=1S/C12H17ClO/c1-2-4-11(9-13)7-10-5-3-6-12(14)8-10/h3,5-6,8,11,14H,2,4,7,9H2,1H3. The van der Waals surface area contributed by atoms with Crippen LogP contribution in [0, 0.1) is 5.92 Å². The van der Waals surface area contributed by atoms with Crippen molar-refractivity contribution in [1.29, 1.82) is 0 Å². The van der Waals surface area contributed by atoms with Crippen LogP contribution < -0.4 is 0 Å². The second kappa shape index (κ2) is 5.92. The van der Waals surface area contributed by atoms with E-state index >= 15 is 0 Å². The molecule has 0 aliphatic carbocycles. The van der Waals surface area contributed by atoms with Crippen LogP contribution in [0.15, 0.2) is 24.3 Å². The van der Waals surface area contributed by atoms with E-state index in [-0.39, 0.29) is 0 Å². The molecule has 1 unspecified atom stereocenters. The zero-order valence-corrected chi connectivity index (χ0v) is 9.30. The molecule has 0 aliphatic heterocycles. The molecule has 0 saturated heterocycles. The summed E-state index contributed by atoms with van der Waals surface area (Å²) in [5.41, 5.74) is 1.17. The summed E-state index contributed by atoms with van der Waals surface area (Å²) >= 11 is 5.87. The summed E-state index contributed by atoms with van der Waals surface area (Å²) in [6.07, 6.45) is 3.28. The first kappa shape index (κ1) is 11.4. The molecule has 1 N–H and O–H groups in total. The van der Waals surface area contributed by atoms with Gasteiger partial charge >= 0.3 is 0 Å². The van der Waals surface area contributed by atoms with E-state index in [2.05, 4.69) is 6.92 Å². The zero-order chi connectivity index (χ0) is 10.4. The minimum Gasteiger partial charge on any atom is -0.508 e. The van der Waals surface area contributed by atoms with E-state index in [0.717, 1.165) is 19.3 Å². The molecule has 0 heterocycles. The lowest BCUT2D eigenvalue weighted by Gasteiger charge is -2.12. The summed E-state index contributed by atoms with van der Waals surface area (Å²) in [4.78, 5) is 0. The second-order valence-corrected chi connectivity index (χ2v) is 3.99. The van der Waals surface area contributed by atoms with E-state index in [0.29, 0.717) is 17.5 Å². The molecule has 0 spiro atoms. The van der Waals surface area contributed by atoms with E-state index in [9.17, 15) is 5.11 Å². The summed E-state index contributed by atoms with van der Waals surface area (Å²) in [5, 5.41) is 9.30. The maximum absolute atomic E-state index is 9.30. The first-order valence-corrected chi connectivity index (χ1v) is 5.63. The maximum Gasteiger partial charge on any atom is 0.115 e. The van der Waals surface area contributed by atoms with E-state index in [4.69, 9.17) is 11.6 Å². The van der Waals surface area contributed by atoms with Gasteiger partial charge < -0.3 is 5.11 Å². The van der Waals surface area contributed by atoms with Gasteiger partial charge in [0.1, 0.15) is 5.75 Å². The molecule has 0 amide bonds. The molecule has 2 heteroatoms.